The fraction of sp³-hybridized carbons (Fsp3) is 0.857. The number of carboxylic acids is 1. The Morgan fingerprint density at radius 1 is 1.11 bits per heavy atom. The highest BCUT2D eigenvalue weighted by molar-refractivity contribution is 5.78. The Labute approximate surface area is 114 Å². The third-order valence-corrected chi connectivity index (χ3v) is 4.42. The van der Waals surface area contributed by atoms with E-state index in [9.17, 15) is 9.59 Å². The van der Waals surface area contributed by atoms with E-state index in [1.807, 2.05) is 4.90 Å². The lowest BCUT2D eigenvalue weighted by molar-refractivity contribution is -0.143. The Hall–Kier alpha value is -1.10. The van der Waals surface area contributed by atoms with Gasteiger partial charge in [0, 0.05) is 12.6 Å². The topological polar surface area (TPSA) is 60.9 Å². The highest BCUT2D eigenvalue weighted by atomic mass is 16.4. The molecule has 2 saturated heterocycles. The molecule has 0 aromatic rings. The van der Waals surface area contributed by atoms with Crippen LogP contribution >= 0.6 is 0 Å². The molecule has 1 amide bonds. The van der Waals surface area contributed by atoms with Crippen LogP contribution in [-0.4, -0.2) is 59.0 Å². The van der Waals surface area contributed by atoms with Gasteiger partial charge in [0.15, 0.2) is 0 Å². The van der Waals surface area contributed by atoms with Gasteiger partial charge in [-0.05, 0) is 52.1 Å². The average molecular weight is 268 g/mol. The number of hydrogen-bond acceptors (Lipinski definition) is 3. The largest absolute Gasteiger partial charge is 0.481 e. The molecule has 2 heterocycles. The number of nitrogens with zero attached hydrogens (tertiary/aromatic N) is 2. The number of piperidine rings is 2. The van der Waals surface area contributed by atoms with Gasteiger partial charge in [0.1, 0.15) is 0 Å². The first-order valence-corrected chi connectivity index (χ1v) is 7.32. The first kappa shape index (κ1) is 14.3. The molecule has 0 radical (unpaired) electrons. The zero-order valence-corrected chi connectivity index (χ0v) is 11.7. The van der Waals surface area contributed by atoms with Crippen LogP contribution in [0.1, 0.15) is 39.0 Å². The molecule has 108 valence electrons. The second kappa shape index (κ2) is 6.37. The minimum atomic E-state index is -0.698. The molecule has 2 aliphatic rings. The summed E-state index contributed by atoms with van der Waals surface area (Å²) < 4.78 is 0. The van der Waals surface area contributed by atoms with Crippen molar-refractivity contribution in [2.24, 2.45) is 5.92 Å². The summed E-state index contributed by atoms with van der Waals surface area (Å²) in [6.45, 7) is 4.91. The normalized spacial score (nSPS) is 26.4. The molecule has 5 nitrogen and oxygen atoms in total. The van der Waals surface area contributed by atoms with Crippen molar-refractivity contribution >= 4 is 11.9 Å². The lowest BCUT2D eigenvalue weighted by Crippen LogP contribution is -2.48. The van der Waals surface area contributed by atoms with Crippen LogP contribution in [0, 0.1) is 5.92 Å². The van der Waals surface area contributed by atoms with Crippen molar-refractivity contribution < 1.29 is 14.7 Å². The van der Waals surface area contributed by atoms with E-state index < -0.39 is 5.97 Å². The number of carbonyl (C=O) groups is 2. The SMILES string of the molecule is CC1CCCCN1C(=O)CN1CCC(C(=O)O)CC1. The molecule has 2 fully saturated rings. The molecule has 1 N–H and O–H groups in total. The van der Waals surface area contributed by atoms with Gasteiger partial charge >= 0.3 is 5.97 Å². The van der Waals surface area contributed by atoms with Crippen molar-refractivity contribution in [1.29, 1.82) is 0 Å². The molecular weight excluding hydrogens is 244 g/mol. The predicted molar refractivity (Wildman–Crippen MR) is 71.8 cm³/mol. The van der Waals surface area contributed by atoms with Gasteiger partial charge in [0.05, 0.1) is 12.5 Å². The summed E-state index contributed by atoms with van der Waals surface area (Å²) >= 11 is 0. The maximum absolute atomic E-state index is 12.3. The van der Waals surface area contributed by atoms with Crippen LogP contribution in [0.15, 0.2) is 0 Å². The second-order valence-corrected chi connectivity index (χ2v) is 5.82. The molecule has 0 spiro atoms. The predicted octanol–water partition coefficient (Wildman–Crippen LogP) is 1.18. The number of aliphatic carboxylic acids is 1. The summed E-state index contributed by atoms with van der Waals surface area (Å²) in [4.78, 5) is 27.2. The van der Waals surface area contributed by atoms with E-state index in [4.69, 9.17) is 5.11 Å². The second-order valence-electron chi connectivity index (χ2n) is 5.82. The third-order valence-electron chi connectivity index (χ3n) is 4.42. The zero-order valence-electron chi connectivity index (χ0n) is 11.7. The van der Waals surface area contributed by atoms with E-state index in [0.29, 0.717) is 25.4 Å². The molecule has 2 aliphatic heterocycles. The van der Waals surface area contributed by atoms with Crippen LogP contribution in [-0.2, 0) is 9.59 Å². The van der Waals surface area contributed by atoms with Gasteiger partial charge in [-0.15, -0.1) is 0 Å². The minimum Gasteiger partial charge on any atom is -0.481 e. The van der Waals surface area contributed by atoms with E-state index in [-0.39, 0.29) is 11.8 Å². The van der Waals surface area contributed by atoms with Gasteiger partial charge in [-0.3, -0.25) is 14.5 Å². The highest BCUT2D eigenvalue weighted by Crippen LogP contribution is 2.19. The lowest BCUT2D eigenvalue weighted by Gasteiger charge is -2.36. The number of carbonyl (C=O) groups excluding carboxylic acids is 1. The molecule has 1 atom stereocenters. The molecule has 0 aliphatic carbocycles. The van der Waals surface area contributed by atoms with Crippen molar-refractivity contribution in [3.8, 4) is 0 Å². The van der Waals surface area contributed by atoms with Crippen molar-refractivity contribution in [1.82, 2.24) is 9.80 Å². The quantitative estimate of drug-likeness (QED) is 0.835. The lowest BCUT2D eigenvalue weighted by atomic mass is 9.97. The number of rotatable bonds is 3. The molecule has 19 heavy (non-hydrogen) atoms. The van der Waals surface area contributed by atoms with Gasteiger partial charge in [0.25, 0.3) is 0 Å². The summed E-state index contributed by atoms with van der Waals surface area (Å²) in [5.41, 5.74) is 0. The molecule has 0 bridgehead atoms. The highest BCUT2D eigenvalue weighted by Gasteiger charge is 2.28. The van der Waals surface area contributed by atoms with Crippen LogP contribution < -0.4 is 0 Å². The van der Waals surface area contributed by atoms with Crippen molar-refractivity contribution in [2.45, 2.75) is 45.1 Å². The molecule has 0 aromatic carbocycles. The van der Waals surface area contributed by atoms with Gasteiger partial charge < -0.3 is 10.0 Å². The monoisotopic (exact) mass is 268 g/mol. The van der Waals surface area contributed by atoms with E-state index in [1.54, 1.807) is 0 Å². The van der Waals surface area contributed by atoms with Crippen LogP contribution in [0.2, 0.25) is 0 Å². The number of amides is 1. The summed E-state index contributed by atoms with van der Waals surface area (Å²) in [6, 6.07) is 0.359. The van der Waals surface area contributed by atoms with Gasteiger partial charge in [0.2, 0.25) is 5.91 Å². The van der Waals surface area contributed by atoms with Crippen molar-refractivity contribution in [3.05, 3.63) is 0 Å². The molecule has 0 saturated carbocycles. The standard InChI is InChI=1S/C14H24N2O3/c1-11-4-2-3-7-16(11)13(17)10-15-8-5-12(6-9-15)14(18)19/h11-12H,2-10H2,1H3,(H,18,19). The van der Waals surface area contributed by atoms with E-state index in [1.165, 1.54) is 6.42 Å². The Morgan fingerprint density at radius 2 is 1.79 bits per heavy atom. The fourth-order valence-electron chi connectivity index (χ4n) is 3.09. The Bertz CT molecular complexity index is 338. The first-order valence-electron chi connectivity index (χ1n) is 7.32. The molecular formula is C14H24N2O3. The Balaban J connectivity index is 1.78. The van der Waals surface area contributed by atoms with Crippen LogP contribution in [0.3, 0.4) is 0 Å². The fourth-order valence-corrected chi connectivity index (χ4v) is 3.09. The zero-order chi connectivity index (χ0) is 13.8. The van der Waals surface area contributed by atoms with Crippen LogP contribution in [0.4, 0.5) is 0 Å². The molecule has 0 aromatic heterocycles. The number of carboxylic acid groups (broad SMARTS) is 1. The summed E-state index contributed by atoms with van der Waals surface area (Å²) in [6.07, 6.45) is 4.76. The maximum Gasteiger partial charge on any atom is 0.306 e. The smallest absolute Gasteiger partial charge is 0.306 e. The average Bonchev–Trinajstić information content (AvgIpc) is 2.39. The maximum atomic E-state index is 12.3. The summed E-state index contributed by atoms with van der Waals surface area (Å²) in [5, 5.41) is 8.95. The third kappa shape index (κ3) is 3.69. The van der Waals surface area contributed by atoms with Gasteiger partial charge in [-0.25, -0.2) is 0 Å². The molecule has 1 unspecified atom stereocenters. The van der Waals surface area contributed by atoms with E-state index in [2.05, 4.69) is 11.8 Å². The van der Waals surface area contributed by atoms with Gasteiger partial charge in [-0.1, -0.05) is 0 Å². The van der Waals surface area contributed by atoms with Crippen molar-refractivity contribution in [2.75, 3.05) is 26.2 Å². The van der Waals surface area contributed by atoms with Crippen LogP contribution in [0.25, 0.3) is 0 Å². The molecule has 5 heteroatoms. The molecule has 2 rings (SSSR count). The summed E-state index contributed by atoms with van der Waals surface area (Å²) in [7, 11) is 0. The Morgan fingerprint density at radius 3 is 2.37 bits per heavy atom. The minimum absolute atomic E-state index is 0.209. The van der Waals surface area contributed by atoms with Gasteiger partial charge in [-0.2, -0.15) is 0 Å². The number of likely N-dealkylation sites (tertiary alicyclic amines) is 2. The van der Waals surface area contributed by atoms with Crippen LogP contribution in [0.5, 0.6) is 0 Å². The Kier molecular flexibility index (Phi) is 4.80. The van der Waals surface area contributed by atoms with E-state index >= 15 is 0 Å². The number of hydrogen-bond donors (Lipinski definition) is 1. The van der Waals surface area contributed by atoms with Crippen molar-refractivity contribution in [3.63, 3.8) is 0 Å². The first-order chi connectivity index (χ1) is 9.08. The van der Waals surface area contributed by atoms with E-state index in [0.717, 1.165) is 32.5 Å². The summed E-state index contributed by atoms with van der Waals surface area (Å²) in [5.74, 6) is -0.711.